The van der Waals surface area contributed by atoms with Crippen LogP contribution in [0.2, 0.25) is 0 Å². The Balaban J connectivity index is 2.18. The Morgan fingerprint density at radius 2 is 1.95 bits per heavy atom. The first kappa shape index (κ1) is 16.1. The summed E-state index contributed by atoms with van der Waals surface area (Å²) in [7, 11) is 1.40. The van der Waals surface area contributed by atoms with Crippen molar-refractivity contribution in [2.75, 3.05) is 25.7 Å². The van der Waals surface area contributed by atoms with Crippen molar-refractivity contribution < 1.29 is 9.53 Å². The Kier molecular flexibility index (Phi) is 8.34. The van der Waals surface area contributed by atoms with Crippen molar-refractivity contribution in [2.45, 2.75) is 25.8 Å². The number of hydrogen-bond donors (Lipinski definition) is 1. The van der Waals surface area contributed by atoms with Crippen LogP contribution in [0.15, 0.2) is 24.3 Å². The SMILES string of the molecule is COC(=O)c1ccc(CNCCCCCSC)cc1. The van der Waals surface area contributed by atoms with Gasteiger partial charge in [-0.05, 0) is 49.1 Å². The summed E-state index contributed by atoms with van der Waals surface area (Å²) in [6.45, 7) is 1.90. The molecular formula is C15H23NO2S. The van der Waals surface area contributed by atoms with Gasteiger partial charge in [0.1, 0.15) is 0 Å². The van der Waals surface area contributed by atoms with Crippen molar-refractivity contribution in [2.24, 2.45) is 0 Å². The molecule has 0 aliphatic carbocycles. The van der Waals surface area contributed by atoms with Crippen LogP contribution in [-0.4, -0.2) is 31.6 Å². The fourth-order valence-corrected chi connectivity index (χ4v) is 2.28. The van der Waals surface area contributed by atoms with E-state index in [1.165, 1.54) is 37.7 Å². The van der Waals surface area contributed by atoms with Gasteiger partial charge in [0.25, 0.3) is 0 Å². The normalized spacial score (nSPS) is 10.4. The van der Waals surface area contributed by atoms with Gasteiger partial charge in [0.15, 0.2) is 0 Å². The first-order valence-electron chi connectivity index (χ1n) is 6.65. The van der Waals surface area contributed by atoms with E-state index >= 15 is 0 Å². The number of nitrogens with one attached hydrogen (secondary N) is 1. The van der Waals surface area contributed by atoms with Crippen LogP contribution in [0.25, 0.3) is 0 Å². The zero-order chi connectivity index (χ0) is 13.9. The third-order valence-corrected chi connectivity index (χ3v) is 3.60. The molecule has 4 heteroatoms. The van der Waals surface area contributed by atoms with Crippen molar-refractivity contribution in [3.63, 3.8) is 0 Å². The van der Waals surface area contributed by atoms with E-state index in [1.54, 1.807) is 12.1 Å². The largest absolute Gasteiger partial charge is 0.465 e. The zero-order valence-corrected chi connectivity index (χ0v) is 12.6. The average Bonchev–Trinajstić information content (AvgIpc) is 2.46. The number of ether oxygens (including phenoxy) is 1. The Morgan fingerprint density at radius 1 is 1.21 bits per heavy atom. The number of esters is 1. The van der Waals surface area contributed by atoms with Gasteiger partial charge in [0.2, 0.25) is 0 Å². The summed E-state index contributed by atoms with van der Waals surface area (Å²) in [5.41, 5.74) is 1.79. The third-order valence-electron chi connectivity index (χ3n) is 2.91. The van der Waals surface area contributed by atoms with Gasteiger partial charge in [-0.1, -0.05) is 18.6 Å². The zero-order valence-electron chi connectivity index (χ0n) is 11.8. The van der Waals surface area contributed by atoms with Crippen molar-refractivity contribution in [3.05, 3.63) is 35.4 Å². The molecule has 0 amide bonds. The first-order valence-corrected chi connectivity index (χ1v) is 8.04. The summed E-state index contributed by atoms with van der Waals surface area (Å²) in [6.07, 6.45) is 5.96. The first-order chi connectivity index (χ1) is 9.27. The molecule has 0 aliphatic heterocycles. The molecule has 0 radical (unpaired) electrons. The van der Waals surface area contributed by atoms with E-state index in [0.29, 0.717) is 5.56 Å². The monoisotopic (exact) mass is 281 g/mol. The van der Waals surface area contributed by atoms with Crippen LogP contribution in [0, 0.1) is 0 Å². The molecule has 0 fully saturated rings. The number of thioether (sulfide) groups is 1. The molecular weight excluding hydrogens is 258 g/mol. The van der Waals surface area contributed by atoms with Gasteiger partial charge in [0.05, 0.1) is 12.7 Å². The van der Waals surface area contributed by atoms with E-state index < -0.39 is 0 Å². The van der Waals surface area contributed by atoms with Crippen molar-refractivity contribution >= 4 is 17.7 Å². The number of methoxy groups -OCH3 is 1. The smallest absolute Gasteiger partial charge is 0.337 e. The second kappa shape index (κ2) is 9.87. The highest BCUT2D eigenvalue weighted by molar-refractivity contribution is 7.98. The van der Waals surface area contributed by atoms with Crippen molar-refractivity contribution in [3.8, 4) is 0 Å². The maximum absolute atomic E-state index is 11.3. The third kappa shape index (κ3) is 6.64. The lowest BCUT2D eigenvalue weighted by Gasteiger charge is -2.05. The molecule has 0 bridgehead atoms. The summed E-state index contributed by atoms with van der Waals surface area (Å²) < 4.78 is 4.67. The second-order valence-corrected chi connectivity index (χ2v) is 5.40. The Labute approximate surface area is 120 Å². The summed E-state index contributed by atoms with van der Waals surface area (Å²) in [5.74, 6) is 0.975. The molecule has 0 atom stereocenters. The molecule has 1 aromatic carbocycles. The highest BCUT2D eigenvalue weighted by Crippen LogP contribution is 2.06. The van der Waals surface area contributed by atoms with Crippen LogP contribution in [-0.2, 0) is 11.3 Å². The maximum atomic E-state index is 11.3. The van der Waals surface area contributed by atoms with Gasteiger partial charge in [-0.2, -0.15) is 11.8 Å². The molecule has 0 saturated heterocycles. The number of carbonyl (C=O) groups excluding carboxylic acids is 1. The lowest BCUT2D eigenvalue weighted by atomic mass is 10.1. The van der Waals surface area contributed by atoms with E-state index in [1.807, 2.05) is 23.9 Å². The lowest BCUT2D eigenvalue weighted by molar-refractivity contribution is 0.0600. The van der Waals surface area contributed by atoms with E-state index in [0.717, 1.165) is 13.1 Å². The predicted octanol–water partition coefficient (Wildman–Crippen LogP) is 3.10. The molecule has 0 aliphatic rings. The van der Waals surface area contributed by atoms with Gasteiger partial charge >= 0.3 is 5.97 Å². The minimum Gasteiger partial charge on any atom is -0.465 e. The fourth-order valence-electron chi connectivity index (χ4n) is 1.78. The molecule has 106 valence electrons. The Bertz CT molecular complexity index is 365. The summed E-state index contributed by atoms with van der Waals surface area (Å²) in [4.78, 5) is 11.3. The quantitative estimate of drug-likeness (QED) is 0.557. The Morgan fingerprint density at radius 3 is 2.58 bits per heavy atom. The molecule has 0 heterocycles. The van der Waals surface area contributed by atoms with Crippen LogP contribution in [0.1, 0.15) is 35.2 Å². The van der Waals surface area contributed by atoms with Gasteiger partial charge in [-0.25, -0.2) is 4.79 Å². The number of rotatable bonds is 9. The van der Waals surface area contributed by atoms with Crippen molar-refractivity contribution in [1.29, 1.82) is 0 Å². The average molecular weight is 281 g/mol. The van der Waals surface area contributed by atoms with E-state index in [4.69, 9.17) is 0 Å². The van der Waals surface area contributed by atoms with Crippen LogP contribution in [0.3, 0.4) is 0 Å². The highest BCUT2D eigenvalue weighted by Gasteiger charge is 2.03. The molecule has 0 spiro atoms. The number of carbonyl (C=O) groups is 1. The molecule has 1 N–H and O–H groups in total. The molecule has 0 aromatic heterocycles. The van der Waals surface area contributed by atoms with Gasteiger partial charge in [-0.3, -0.25) is 0 Å². The number of hydrogen-bond acceptors (Lipinski definition) is 4. The van der Waals surface area contributed by atoms with E-state index in [-0.39, 0.29) is 5.97 Å². The van der Waals surface area contributed by atoms with Crippen molar-refractivity contribution in [1.82, 2.24) is 5.32 Å². The molecule has 0 saturated carbocycles. The summed E-state index contributed by atoms with van der Waals surface area (Å²) >= 11 is 1.91. The topological polar surface area (TPSA) is 38.3 Å². The van der Waals surface area contributed by atoms with Crippen LogP contribution < -0.4 is 5.32 Å². The lowest BCUT2D eigenvalue weighted by Crippen LogP contribution is -2.14. The molecule has 3 nitrogen and oxygen atoms in total. The van der Waals surface area contributed by atoms with E-state index in [2.05, 4.69) is 16.3 Å². The number of benzene rings is 1. The predicted molar refractivity (Wildman–Crippen MR) is 81.7 cm³/mol. The maximum Gasteiger partial charge on any atom is 0.337 e. The molecule has 19 heavy (non-hydrogen) atoms. The number of unbranched alkanes of at least 4 members (excludes halogenated alkanes) is 2. The molecule has 0 unspecified atom stereocenters. The Hall–Kier alpha value is -1.00. The fraction of sp³-hybridized carbons (Fsp3) is 0.533. The highest BCUT2D eigenvalue weighted by atomic mass is 32.2. The van der Waals surface area contributed by atoms with Gasteiger partial charge in [0, 0.05) is 6.54 Å². The van der Waals surface area contributed by atoms with Crippen LogP contribution in [0.5, 0.6) is 0 Å². The molecule has 1 aromatic rings. The minimum absolute atomic E-state index is 0.284. The standard InChI is InChI=1S/C15H23NO2S/c1-18-15(17)14-8-6-13(7-9-14)12-16-10-4-3-5-11-19-2/h6-9,16H,3-5,10-12H2,1-2H3. The van der Waals surface area contributed by atoms with E-state index in [9.17, 15) is 4.79 Å². The molecule has 1 rings (SSSR count). The second-order valence-electron chi connectivity index (χ2n) is 4.42. The van der Waals surface area contributed by atoms with Crippen LogP contribution in [0.4, 0.5) is 0 Å². The summed E-state index contributed by atoms with van der Waals surface area (Å²) in [5, 5.41) is 3.42. The van der Waals surface area contributed by atoms with Gasteiger partial charge < -0.3 is 10.1 Å². The summed E-state index contributed by atoms with van der Waals surface area (Å²) in [6, 6.07) is 7.54. The minimum atomic E-state index is -0.284. The van der Waals surface area contributed by atoms with Crippen LogP contribution >= 0.6 is 11.8 Å². The van der Waals surface area contributed by atoms with Gasteiger partial charge in [-0.15, -0.1) is 0 Å².